The van der Waals surface area contributed by atoms with Crippen molar-refractivity contribution >= 4 is 0 Å². The zero-order valence-corrected chi connectivity index (χ0v) is 6.11. The summed E-state index contributed by atoms with van der Waals surface area (Å²) < 4.78 is 48.9. The third-order valence-corrected chi connectivity index (χ3v) is 1.39. The zero-order valence-electron chi connectivity index (χ0n) is 6.11. The SMILES string of the molecule is Cc1nc(F)cc(F)c1C(F)F. The first-order chi connectivity index (χ1) is 5.52. The summed E-state index contributed by atoms with van der Waals surface area (Å²) in [4.78, 5) is 3.07. The average Bonchev–Trinajstić information content (AvgIpc) is 1.82. The molecular formula is C7H5F4N. The molecule has 0 saturated heterocycles. The molecule has 0 aliphatic heterocycles. The summed E-state index contributed by atoms with van der Waals surface area (Å²) in [5.74, 6) is -2.34. The predicted octanol–water partition coefficient (Wildman–Crippen LogP) is 2.61. The third kappa shape index (κ3) is 1.54. The third-order valence-electron chi connectivity index (χ3n) is 1.39. The largest absolute Gasteiger partial charge is 0.268 e. The van der Waals surface area contributed by atoms with E-state index in [-0.39, 0.29) is 5.69 Å². The molecule has 0 aromatic carbocycles. The molecule has 0 fully saturated rings. The van der Waals surface area contributed by atoms with E-state index in [1.807, 2.05) is 0 Å². The Bertz CT molecular complexity index is 274. The molecule has 1 rings (SSSR count). The summed E-state index contributed by atoms with van der Waals surface area (Å²) in [6.07, 6.45) is -2.96. The van der Waals surface area contributed by atoms with Gasteiger partial charge in [-0.05, 0) is 6.92 Å². The monoisotopic (exact) mass is 179 g/mol. The number of alkyl halides is 2. The van der Waals surface area contributed by atoms with Gasteiger partial charge in [-0.2, -0.15) is 4.39 Å². The summed E-state index contributed by atoms with van der Waals surface area (Å²) in [7, 11) is 0. The Morgan fingerprint density at radius 1 is 1.33 bits per heavy atom. The molecule has 0 unspecified atom stereocenters. The minimum Gasteiger partial charge on any atom is -0.224 e. The van der Waals surface area contributed by atoms with Gasteiger partial charge in [-0.15, -0.1) is 0 Å². The Hall–Kier alpha value is -1.13. The van der Waals surface area contributed by atoms with Gasteiger partial charge < -0.3 is 0 Å². The number of hydrogen-bond acceptors (Lipinski definition) is 1. The molecule has 0 amide bonds. The predicted molar refractivity (Wildman–Crippen MR) is 33.8 cm³/mol. The second-order valence-corrected chi connectivity index (χ2v) is 2.23. The summed E-state index contributed by atoms with van der Waals surface area (Å²) in [6.45, 7) is 1.13. The highest BCUT2D eigenvalue weighted by Crippen LogP contribution is 2.24. The van der Waals surface area contributed by atoms with Crippen molar-refractivity contribution in [2.45, 2.75) is 13.3 Å². The van der Waals surface area contributed by atoms with Crippen molar-refractivity contribution < 1.29 is 17.6 Å². The maximum Gasteiger partial charge on any atom is 0.268 e. The summed E-state index contributed by atoms with van der Waals surface area (Å²) in [6, 6.07) is 0.342. The number of aromatic nitrogens is 1. The molecule has 0 radical (unpaired) electrons. The van der Waals surface area contributed by atoms with Crippen LogP contribution in [0.1, 0.15) is 17.7 Å². The van der Waals surface area contributed by atoms with E-state index in [9.17, 15) is 17.6 Å². The fourth-order valence-electron chi connectivity index (χ4n) is 0.870. The molecule has 0 N–H and O–H groups in total. The molecule has 0 bridgehead atoms. The van der Waals surface area contributed by atoms with Crippen LogP contribution in [-0.2, 0) is 0 Å². The Morgan fingerprint density at radius 2 is 1.92 bits per heavy atom. The molecule has 12 heavy (non-hydrogen) atoms. The lowest BCUT2D eigenvalue weighted by Gasteiger charge is -2.04. The topological polar surface area (TPSA) is 12.9 Å². The lowest BCUT2D eigenvalue weighted by atomic mass is 10.2. The second kappa shape index (κ2) is 3.08. The van der Waals surface area contributed by atoms with Crippen LogP contribution in [0, 0.1) is 18.7 Å². The van der Waals surface area contributed by atoms with Gasteiger partial charge in [-0.3, -0.25) is 0 Å². The smallest absolute Gasteiger partial charge is 0.224 e. The molecule has 1 nitrogen and oxygen atoms in total. The van der Waals surface area contributed by atoms with E-state index in [1.54, 1.807) is 0 Å². The van der Waals surface area contributed by atoms with Gasteiger partial charge in [0.25, 0.3) is 6.43 Å². The Balaban J connectivity index is 3.28. The fraction of sp³-hybridized carbons (Fsp3) is 0.286. The Labute approximate surface area is 66.0 Å². The maximum atomic E-state index is 12.6. The second-order valence-electron chi connectivity index (χ2n) is 2.23. The van der Waals surface area contributed by atoms with E-state index in [1.165, 1.54) is 0 Å². The maximum absolute atomic E-state index is 12.6. The van der Waals surface area contributed by atoms with Gasteiger partial charge in [0, 0.05) is 6.07 Å². The van der Waals surface area contributed by atoms with Crippen LogP contribution in [0.5, 0.6) is 0 Å². The van der Waals surface area contributed by atoms with Gasteiger partial charge >= 0.3 is 0 Å². The number of aryl methyl sites for hydroxylation is 1. The minimum absolute atomic E-state index is 0.317. The number of halogens is 4. The molecule has 66 valence electrons. The highest BCUT2D eigenvalue weighted by atomic mass is 19.3. The standard InChI is InChI=1S/C7H5F4N/c1-3-6(7(10)11)4(8)2-5(9)12-3/h2,7H,1H3. The molecule has 1 heterocycles. The molecule has 0 aliphatic carbocycles. The normalized spacial score (nSPS) is 10.8. The molecule has 1 aromatic heterocycles. The first kappa shape index (κ1) is 8.96. The van der Waals surface area contributed by atoms with E-state index in [0.29, 0.717) is 6.07 Å². The fourth-order valence-corrected chi connectivity index (χ4v) is 0.870. The average molecular weight is 179 g/mol. The first-order valence-corrected chi connectivity index (χ1v) is 3.13. The van der Waals surface area contributed by atoms with Crippen LogP contribution < -0.4 is 0 Å². The van der Waals surface area contributed by atoms with Gasteiger partial charge in [0.15, 0.2) is 0 Å². The number of pyridine rings is 1. The van der Waals surface area contributed by atoms with Crippen LogP contribution in [0.4, 0.5) is 17.6 Å². The number of rotatable bonds is 1. The van der Waals surface area contributed by atoms with Crippen molar-refractivity contribution in [3.8, 4) is 0 Å². The Morgan fingerprint density at radius 3 is 2.33 bits per heavy atom. The van der Waals surface area contributed by atoms with Crippen LogP contribution in [0.2, 0.25) is 0 Å². The lowest BCUT2D eigenvalue weighted by Crippen LogP contribution is -2.00. The van der Waals surface area contributed by atoms with Crippen LogP contribution in [0.3, 0.4) is 0 Å². The van der Waals surface area contributed by atoms with Crippen LogP contribution in [-0.4, -0.2) is 4.98 Å². The van der Waals surface area contributed by atoms with Crippen molar-refractivity contribution in [1.29, 1.82) is 0 Å². The zero-order chi connectivity index (χ0) is 9.30. The summed E-state index contributed by atoms with van der Waals surface area (Å²) >= 11 is 0. The van der Waals surface area contributed by atoms with E-state index in [4.69, 9.17) is 0 Å². The molecule has 0 saturated carbocycles. The van der Waals surface area contributed by atoms with Gasteiger partial charge in [0.2, 0.25) is 5.95 Å². The van der Waals surface area contributed by atoms with E-state index in [0.717, 1.165) is 6.92 Å². The van der Waals surface area contributed by atoms with Gasteiger partial charge in [0.1, 0.15) is 5.82 Å². The highest BCUT2D eigenvalue weighted by molar-refractivity contribution is 5.22. The van der Waals surface area contributed by atoms with Crippen molar-refractivity contribution in [3.05, 3.63) is 29.1 Å². The van der Waals surface area contributed by atoms with Crippen molar-refractivity contribution in [1.82, 2.24) is 4.98 Å². The van der Waals surface area contributed by atoms with Crippen LogP contribution in [0.15, 0.2) is 6.07 Å². The van der Waals surface area contributed by atoms with E-state index < -0.39 is 23.8 Å². The first-order valence-electron chi connectivity index (χ1n) is 3.13. The van der Waals surface area contributed by atoms with Crippen molar-refractivity contribution in [2.75, 3.05) is 0 Å². The summed E-state index contributed by atoms with van der Waals surface area (Å²) in [5.41, 5.74) is -1.15. The molecule has 0 spiro atoms. The quantitative estimate of drug-likeness (QED) is 0.477. The number of nitrogens with zero attached hydrogens (tertiary/aromatic N) is 1. The lowest BCUT2D eigenvalue weighted by molar-refractivity contribution is 0.144. The molecular weight excluding hydrogens is 174 g/mol. The number of hydrogen-bond donors (Lipinski definition) is 0. The van der Waals surface area contributed by atoms with Crippen molar-refractivity contribution in [3.63, 3.8) is 0 Å². The van der Waals surface area contributed by atoms with E-state index >= 15 is 0 Å². The van der Waals surface area contributed by atoms with Gasteiger partial charge in [0.05, 0.1) is 11.3 Å². The van der Waals surface area contributed by atoms with Gasteiger partial charge in [-0.1, -0.05) is 0 Å². The molecule has 5 heteroatoms. The van der Waals surface area contributed by atoms with E-state index in [2.05, 4.69) is 4.98 Å². The molecule has 1 aromatic rings. The van der Waals surface area contributed by atoms with Crippen LogP contribution >= 0.6 is 0 Å². The van der Waals surface area contributed by atoms with Crippen LogP contribution in [0.25, 0.3) is 0 Å². The highest BCUT2D eigenvalue weighted by Gasteiger charge is 2.18. The Kier molecular flexibility index (Phi) is 2.30. The molecule has 0 aliphatic rings. The van der Waals surface area contributed by atoms with Gasteiger partial charge in [-0.25, -0.2) is 18.2 Å². The molecule has 0 atom stereocenters. The summed E-state index contributed by atoms with van der Waals surface area (Å²) in [5, 5.41) is 0. The minimum atomic E-state index is -2.96. The van der Waals surface area contributed by atoms with Crippen molar-refractivity contribution in [2.24, 2.45) is 0 Å².